The fourth-order valence-electron chi connectivity index (χ4n) is 3.75. The monoisotopic (exact) mass is 511 g/mol. The van der Waals surface area contributed by atoms with Crippen LogP contribution in [0.25, 0.3) is 0 Å². The van der Waals surface area contributed by atoms with Gasteiger partial charge in [-0.1, -0.05) is 6.42 Å². The highest BCUT2D eigenvalue weighted by atomic mass is 32.1. The molecule has 192 valence electrons. The maximum Gasteiger partial charge on any atom is 0.319 e. The molecule has 9 nitrogen and oxygen atoms in total. The molecule has 35 heavy (non-hydrogen) atoms. The molecule has 1 aromatic carbocycles. The van der Waals surface area contributed by atoms with E-state index in [1.54, 1.807) is 0 Å². The van der Waals surface area contributed by atoms with Crippen LogP contribution < -0.4 is 21.1 Å². The number of piperidine rings is 1. The number of rotatable bonds is 11. The van der Waals surface area contributed by atoms with Gasteiger partial charge in [-0.15, -0.1) is 0 Å². The molecule has 2 aromatic rings. The van der Waals surface area contributed by atoms with Gasteiger partial charge in [0.25, 0.3) is 5.91 Å². The van der Waals surface area contributed by atoms with Crippen LogP contribution in [-0.4, -0.2) is 58.6 Å². The molecule has 1 aliphatic heterocycles. The first-order chi connectivity index (χ1) is 16.7. The zero-order valence-corrected chi connectivity index (χ0v) is 20.4. The van der Waals surface area contributed by atoms with E-state index in [-0.39, 0.29) is 40.3 Å². The lowest BCUT2D eigenvalue weighted by Crippen LogP contribution is -2.36. The zero-order valence-electron chi connectivity index (χ0n) is 19.6. The van der Waals surface area contributed by atoms with Crippen LogP contribution in [0, 0.1) is 18.6 Å². The predicted molar refractivity (Wildman–Crippen MR) is 129 cm³/mol. The number of aromatic nitrogens is 1. The number of aliphatic hydroxyl groups is 1. The minimum Gasteiger partial charge on any atom is -0.471 e. The number of urea groups is 1. The Morgan fingerprint density at radius 2 is 1.97 bits per heavy atom. The number of nitrogens with one attached hydrogen (secondary N) is 2. The van der Waals surface area contributed by atoms with Crippen molar-refractivity contribution in [2.45, 2.75) is 51.7 Å². The fraction of sp³-hybridized carbons (Fsp3) is 0.522. The Balaban J connectivity index is 1.43. The minimum absolute atomic E-state index is 0.0401. The summed E-state index contributed by atoms with van der Waals surface area (Å²) in [6.07, 6.45) is 4.21. The van der Waals surface area contributed by atoms with E-state index >= 15 is 0 Å². The second-order valence-corrected chi connectivity index (χ2v) is 9.33. The van der Waals surface area contributed by atoms with E-state index in [2.05, 4.69) is 19.9 Å². The van der Waals surface area contributed by atoms with Crippen LogP contribution >= 0.6 is 11.5 Å². The van der Waals surface area contributed by atoms with E-state index in [1.165, 1.54) is 6.92 Å². The third-order valence-electron chi connectivity index (χ3n) is 5.82. The molecule has 0 radical (unpaired) electrons. The van der Waals surface area contributed by atoms with Crippen LogP contribution in [0.1, 0.15) is 53.6 Å². The van der Waals surface area contributed by atoms with Crippen LogP contribution in [0.15, 0.2) is 12.1 Å². The van der Waals surface area contributed by atoms with Gasteiger partial charge in [-0.3, -0.25) is 10.1 Å². The Kier molecular flexibility index (Phi) is 9.75. The van der Waals surface area contributed by atoms with E-state index in [4.69, 9.17) is 10.5 Å². The quantitative estimate of drug-likeness (QED) is 0.343. The Morgan fingerprint density at radius 1 is 1.23 bits per heavy atom. The van der Waals surface area contributed by atoms with Gasteiger partial charge in [0.05, 0.1) is 6.10 Å². The van der Waals surface area contributed by atoms with E-state index in [9.17, 15) is 23.5 Å². The van der Waals surface area contributed by atoms with Gasteiger partial charge in [0, 0.05) is 25.2 Å². The Hall–Kier alpha value is -2.83. The van der Waals surface area contributed by atoms with E-state index < -0.39 is 23.6 Å². The Morgan fingerprint density at radius 3 is 2.69 bits per heavy atom. The number of nitrogens with two attached hydrogens (primary N) is 1. The van der Waals surface area contributed by atoms with Gasteiger partial charge in [-0.25, -0.2) is 13.6 Å². The molecular formula is C23H31F2N5O4S. The van der Waals surface area contributed by atoms with E-state index in [0.717, 1.165) is 75.4 Å². The smallest absolute Gasteiger partial charge is 0.319 e. The Bertz CT molecular complexity index is 1030. The molecule has 1 aliphatic rings. The third kappa shape index (κ3) is 7.84. The van der Waals surface area contributed by atoms with Crippen molar-refractivity contribution in [1.82, 2.24) is 14.6 Å². The number of carbonyl (C=O) groups is 2. The average Bonchev–Trinajstić information content (AvgIpc) is 3.21. The maximum absolute atomic E-state index is 14.0. The SMILES string of the molecule is Cc1cc(F)c(COc2nsc(NC(=O)NCCCCCN3CCC(O)CC3)c2C(N)=O)cc1F. The number of amides is 3. The van der Waals surface area contributed by atoms with Crippen LogP contribution in [-0.2, 0) is 6.61 Å². The molecule has 0 spiro atoms. The van der Waals surface area contributed by atoms with Gasteiger partial charge in [0.15, 0.2) is 0 Å². The van der Waals surface area contributed by atoms with Gasteiger partial charge in [-0.2, -0.15) is 4.37 Å². The number of nitrogens with zero attached hydrogens (tertiary/aromatic N) is 2. The lowest BCUT2D eigenvalue weighted by molar-refractivity contribution is 0.0818. The molecule has 1 fully saturated rings. The summed E-state index contributed by atoms with van der Waals surface area (Å²) in [7, 11) is 0. The van der Waals surface area contributed by atoms with Crippen molar-refractivity contribution in [2.24, 2.45) is 5.73 Å². The van der Waals surface area contributed by atoms with Gasteiger partial charge < -0.3 is 25.8 Å². The highest BCUT2D eigenvalue weighted by molar-refractivity contribution is 7.11. The standard InChI is InChI=1S/C23H31F2N5O4S/c1-14-11-18(25)15(12-17(14)24)13-34-21-19(20(26)32)22(35-29-21)28-23(33)27-7-3-2-4-8-30-9-5-16(31)6-10-30/h11-12,16,31H,2-10,13H2,1H3,(H2,26,32)(H2,27,28,33). The molecule has 2 heterocycles. The highest BCUT2D eigenvalue weighted by Gasteiger charge is 2.22. The van der Waals surface area contributed by atoms with Crippen molar-refractivity contribution in [3.63, 3.8) is 0 Å². The molecule has 5 N–H and O–H groups in total. The van der Waals surface area contributed by atoms with Crippen LogP contribution in [0.2, 0.25) is 0 Å². The highest BCUT2D eigenvalue weighted by Crippen LogP contribution is 2.31. The van der Waals surface area contributed by atoms with Crippen LogP contribution in [0.4, 0.5) is 18.6 Å². The number of aliphatic hydroxyl groups excluding tert-OH is 1. The number of likely N-dealkylation sites (tertiary alicyclic amines) is 1. The predicted octanol–water partition coefficient (Wildman–Crippen LogP) is 3.16. The van der Waals surface area contributed by atoms with E-state index in [1.807, 2.05) is 0 Å². The van der Waals surface area contributed by atoms with Crippen molar-refractivity contribution in [3.8, 4) is 5.88 Å². The number of ether oxygens (including phenoxy) is 1. The molecule has 3 rings (SSSR count). The molecule has 1 aromatic heterocycles. The third-order valence-corrected chi connectivity index (χ3v) is 6.57. The molecule has 3 amide bonds. The van der Waals surface area contributed by atoms with Gasteiger partial charge in [0.2, 0.25) is 5.88 Å². The van der Waals surface area contributed by atoms with E-state index in [0.29, 0.717) is 6.54 Å². The fourth-order valence-corrected chi connectivity index (χ4v) is 4.49. The number of hydrogen-bond donors (Lipinski definition) is 4. The van der Waals surface area contributed by atoms with Crippen molar-refractivity contribution in [1.29, 1.82) is 0 Å². The first-order valence-electron chi connectivity index (χ1n) is 11.6. The maximum atomic E-state index is 14.0. The molecule has 0 bridgehead atoms. The zero-order chi connectivity index (χ0) is 25.4. The summed E-state index contributed by atoms with van der Waals surface area (Å²) in [6.45, 7) is 4.35. The number of halogens is 2. The second kappa shape index (κ2) is 12.8. The van der Waals surface area contributed by atoms with Crippen molar-refractivity contribution >= 4 is 28.5 Å². The minimum atomic E-state index is -0.871. The second-order valence-electron chi connectivity index (χ2n) is 8.55. The molecule has 0 saturated carbocycles. The summed E-state index contributed by atoms with van der Waals surface area (Å²) < 4.78 is 37.2. The summed E-state index contributed by atoms with van der Waals surface area (Å²) in [5.74, 6) is -2.26. The number of aryl methyl sites for hydroxylation is 1. The molecule has 0 aliphatic carbocycles. The molecule has 0 unspecified atom stereocenters. The lowest BCUT2D eigenvalue weighted by atomic mass is 10.1. The number of primary amides is 1. The van der Waals surface area contributed by atoms with Crippen LogP contribution in [0.3, 0.4) is 0 Å². The summed E-state index contributed by atoms with van der Waals surface area (Å²) >= 11 is 0.802. The summed E-state index contributed by atoms with van der Waals surface area (Å²) in [4.78, 5) is 26.5. The molecule has 1 saturated heterocycles. The van der Waals surface area contributed by atoms with Crippen LogP contribution in [0.5, 0.6) is 5.88 Å². The first-order valence-corrected chi connectivity index (χ1v) is 12.3. The molecule has 0 atom stereocenters. The molecule has 12 heteroatoms. The number of benzene rings is 1. The summed E-state index contributed by atoms with van der Waals surface area (Å²) in [6, 6.07) is 1.56. The number of unbranched alkanes of at least 4 members (excludes halogenated alkanes) is 2. The Labute approximate surface area is 206 Å². The van der Waals surface area contributed by atoms with Gasteiger partial charge >= 0.3 is 6.03 Å². The van der Waals surface area contributed by atoms with Crippen molar-refractivity contribution < 1.29 is 28.2 Å². The molecular weight excluding hydrogens is 480 g/mol. The van der Waals surface area contributed by atoms with Gasteiger partial charge in [-0.05, 0) is 68.4 Å². The topological polar surface area (TPSA) is 130 Å². The normalized spacial score (nSPS) is 14.6. The first kappa shape index (κ1) is 26.8. The lowest BCUT2D eigenvalue weighted by Gasteiger charge is -2.29. The summed E-state index contributed by atoms with van der Waals surface area (Å²) in [5.41, 5.74) is 5.42. The number of anilines is 1. The summed E-state index contributed by atoms with van der Waals surface area (Å²) in [5, 5.41) is 14.9. The number of hydrogen-bond acceptors (Lipinski definition) is 7. The average molecular weight is 512 g/mol. The van der Waals surface area contributed by atoms with Crippen molar-refractivity contribution in [2.75, 3.05) is 31.5 Å². The largest absolute Gasteiger partial charge is 0.471 e. The number of carbonyl (C=O) groups excluding carboxylic acids is 2. The van der Waals surface area contributed by atoms with Crippen molar-refractivity contribution in [3.05, 3.63) is 40.5 Å². The van der Waals surface area contributed by atoms with Gasteiger partial charge in [0.1, 0.15) is 28.8 Å².